The van der Waals surface area contributed by atoms with Gasteiger partial charge >= 0.3 is 6.18 Å². The highest BCUT2D eigenvalue weighted by atomic mass is 35.5. The summed E-state index contributed by atoms with van der Waals surface area (Å²) in [5.74, 6) is -0.519. The lowest BCUT2D eigenvalue weighted by molar-refractivity contribution is -0.137. The van der Waals surface area contributed by atoms with Gasteiger partial charge in [-0.1, -0.05) is 6.07 Å². The van der Waals surface area contributed by atoms with Gasteiger partial charge in [-0.15, -0.1) is 12.4 Å². The average molecular weight is 377 g/mol. The van der Waals surface area contributed by atoms with Crippen LogP contribution < -0.4 is 10.6 Å². The fourth-order valence-electron chi connectivity index (χ4n) is 2.67. The number of nitrogens with zero attached hydrogens (tertiary/aromatic N) is 2. The Morgan fingerprint density at radius 1 is 1.24 bits per heavy atom. The quantitative estimate of drug-likeness (QED) is 0.800. The standard InChI is InChI=1S/C16H16F4N4.ClH/c1-9-13(8-22-15(23-9)24-11-4-5-21-7-11)12-3-2-10(6-14(12)17)16(18,19)20;/h2-3,6,8,11,21H,4-5,7H2,1H3,(H,22,23,24);1H/t11-;/m1./s1. The Hall–Kier alpha value is -1.93. The van der Waals surface area contributed by atoms with Crippen molar-refractivity contribution in [3.05, 3.63) is 41.5 Å². The number of hydrogen-bond donors (Lipinski definition) is 2. The number of hydrogen-bond acceptors (Lipinski definition) is 4. The van der Waals surface area contributed by atoms with Crippen molar-refractivity contribution in [1.82, 2.24) is 15.3 Å². The Morgan fingerprint density at radius 2 is 2.00 bits per heavy atom. The van der Waals surface area contributed by atoms with E-state index in [1.54, 1.807) is 6.92 Å². The van der Waals surface area contributed by atoms with Crippen LogP contribution in [0, 0.1) is 12.7 Å². The molecule has 1 aromatic carbocycles. The SMILES string of the molecule is Cc1nc(N[C@@H]2CCNC2)ncc1-c1ccc(C(F)(F)F)cc1F.Cl. The predicted molar refractivity (Wildman–Crippen MR) is 89.3 cm³/mol. The molecule has 1 saturated heterocycles. The zero-order valence-corrected chi connectivity index (χ0v) is 14.1. The van der Waals surface area contributed by atoms with Crippen molar-refractivity contribution in [3.8, 4) is 11.1 Å². The van der Waals surface area contributed by atoms with Crippen molar-refractivity contribution < 1.29 is 17.6 Å². The molecular formula is C16H17ClF4N4. The Bertz CT molecular complexity index is 745. The Balaban J connectivity index is 0.00000225. The highest BCUT2D eigenvalue weighted by Crippen LogP contribution is 2.33. The molecule has 0 unspecified atom stereocenters. The Kier molecular flexibility index (Phi) is 5.84. The van der Waals surface area contributed by atoms with Crippen molar-refractivity contribution >= 4 is 18.4 Å². The summed E-state index contributed by atoms with van der Waals surface area (Å²) in [6.07, 6.45) is -2.19. The molecule has 3 rings (SSSR count). The first-order chi connectivity index (χ1) is 11.3. The van der Waals surface area contributed by atoms with Crippen LogP contribution in [0.3, 0.4) is 0 Å². The lowest BCUT2D eigenvalue weighted by Gasteiger charge is -2.14. The van der Waals surface area contributed by atoms with Crippen LogP contribution in [-0.2, 0) is 6.18 Å². The third-order valence-corrected chi connectivity index (χ3v) is 3.96. The number of anilines is 1. The third-order valence-electron chi connectivity index (χ3n) is 3.96. The number of aromatic nitrogens is 2. The summed E-state index contributed by atoms with van der Waals surface area (Å²) in [6.45, 7) is 3.41. The first-order valence-electron chi connectivity index (χ1n) is 7.52. The van der Waals surface area contributed by atoms with Crippen LogP contribution in [-0.4, -0.2) is 29.1 Å². The van der Waals surface area contributed by atoms with Gasteiger partial charge in [-0.2, -0.15) is 13.2 Å². The van der Waals surface area contributed by atoms with Crippen molar-refractivity contribution in [2.45, 2.75) is 25.6 Å². The topological polar surface area (TPSA) is 49.8 Å². The Morgan fingerprint density at radius 3 is 2.56 bits per heavy atom. The number of halogens is 5. The number of benzene rings is 1. The van der Waals surface area contributed by atoms with Gasteiger partial charge in [-0.3, -0.25) is 0 Å². The number of nitrogens with one attached hydrogen (secondary N) is 2. The van der Waals surface area contributed by atoms with E-state index in [9.17, 15) is 17.6 Å². The molecule has 0 amide bonds. The summed E-state index contributed by atoms with van der Waals surface area (Å²) >= 11 is 0. The van der Waals surface area contributed by atoms with E-state index in [0.717, 1.165) is 31.6 Å². The molecule has 0 spiro atoms. The summed E-state index contributed by atoms with van der Waals surface area (Å²) in [4.78, 5) is 8.44. The molecule has 1 aliphatic heterocycles. The van der Waals surface area contributed by atoms with E-state index >= 15 is 0 Å². The minimum atomic E-state index is -4.58. The van der Waals surface area contributed by atoms with Crippen LogP contribution >= 0.6 is 12.4 Å². The molecule has 0 saturated carbocycles. The molecule has 1 fully saturated rings. The summed E-state index contributed by atoms with van der Waals surface area (Å²) in [7, 11) is 0. The molecule has 25 heavy (non-hydrogen) atoms. The van der Waals surface area contributed by atoms with Crippen molar-refractivity contribution in [3.63, 3.8) is 0 Å². The van der Waals surface area contributed by atoms with E-state index in [1.165, 1.54) is 6.20 Å². The molecule has 1 aliphatic rings. The fraction of sp³-hybridized carbons (Fsp3) is 0.375. The molecule has 2 aromatic rings. The van der Waals surface area contributed by atoms with Crippen LogP contribution in [0.25, 0.3) is 11.1 Å². The van der Waals surface area contributed by atoms with Crippen LogP contribution in [0.2, 0.25) is 0 Å². The van der Waals surface area contributed by atoms with Gasteiger partial charge < -0.3 is 10.6 Å². The molecule has 1 aromatic heterocycles. The Labute approximate surface area is 148 Å². The highest BCUT2D eigenvalue weighted by molar-refractivity contribution is 5.85. The zero-order chi connectivity index (χ0) is 17.3. The van der Waals surface area contributed by atoms with Gasteiger partial charge in [0.25, 0.3) is 0 Å². The molecule has 2 heterocycles. The molecule has 1 atom stereocenters. The molecule has 2 N–H and O–H groups in total. The summed E-state index contributed by atoms with van der Waals surface area (Å²) in [6, 6.07) is 2.69. The second-order valence-corrected chi connectivity index (χ2v) is 5.72. The predicted octanol–water partition coefficient (Wildman–Crippen LogP) is 3.81. The molecule has 0 aliphatic carbocycles. The lowest BCUT2D eigenvalue weighted by atomic mass is 10.0. The summed E-state index contributed by atoms with van der Waals surface area (Å²) < 4.78 is 52.0. The van der Waals surface area contributed by atoms with Gasteiger partial charge in [0.15, 0.2) is 0 Å². The van der Waals surface area contributed by atoms with Crippen molar-refractivity contribution in [1.29, 1.82) is 0 Å². The molecular weight excluding hydrogens is 360 g/mol. The van der Waals surface area contributed by atoms with E-state index in [0.29, 0.717) is 23.3 Å². The van der Waals surface area contributed by atoms with Gasteiger partial charge in [0.05, 0.1) is 11.3 Å². The molecule has 0 bridgehead atoms. The second-order valence-electron chi connectivity index (χ2n) is 5.72. The molecule has 9 heteroatoms. The third kappa shape index (κ3) is 4.38. The fourth-order valence-corrected chi connectivity index (χ4v) is 2.67. The molecule has 136 valence electrons. The van der Waals surface area contributed by atoms with E-state index in [2.05, 4.69) is 20.6 Å². The number of alkyl halides is 3. The summed E-state index contributed by atoms with van der Waals surface area (Å²) in [5.41, 5.74) is -0.0997. The highest BCUT2D eigenvalue weighted by Gasteiger charge is 2.31. The van der Waals surface area contributed by atoms with Gasteiger partial charge in [-0.25, -0.2) is 14.4 Å². The smallest absolute Gasteiger partial charge is 0.350 e. The minimum Gasteiger partial charge on any atom is -0.350 e. The van der Waals surface area contributed by atoms with E-state index in [4.69, 9.17) is 0 Å². The maximum atomic E-state index is 14.1. The van der Waals surface area contributed by atoms with E-state index in [1.807, 2.05) is 0 Å². The number of rotatable bonds is 3. The maximum absolute atomic E-state index is 14.1. The minimum absolute atomic E-state index is 0. The second kappa shape index (κ2) is 7.53. The number of aryl methyl sites for hydroxylation is 1. The largest absolute Gasteiger partial charge is 0.416 e. The zero-order valence-electron chi connectivity index (χ0n) is 13.3. The van der Waals surface area contributed by atoms with Crippen LogP contribution in [0.1, 0.15) is 17.7 Å². The van der Waals surface area contributed by atoms with Gasteiger partial charge in [0.1, 0.15) is 5.82 Å². The van der Waals surface area contributed by atoms with Crippen molar-refractivity contribution in [2.75, 3.05) is 18.4 Å². The van der Waals surface area contributed by atoms with Crippen LogP contribution in [0.5, 0.6) is 0 Å². The molecule has 0 radical (unpaired) electrons. The maximum Gasteiger partial charge on any atom is 0.416 e. The monoisotopic (exact) mass is 376 g/mol. The lowest BCUT2D eigenvalue weighted by Crippen LogP contribution is -2.23. The van der Waals surface area contributed by atoms with Crippen LogP contribution in [0.4, 0.5) is 23.5 Å². The average Bonchev–Trinajstić information content (AvgIpc) is 3.00. The van der Waals surface area contributed by atoms with E-state index < -0.39 is 17.6 Å². The summed E-state index contributed by atoms with van der Waals surface area (Å²) in [5, 5.41) is 6.39. The van der Waals surface area contributed by atoms with E-state index in [-0.39, 0.29) is 24.0 Å². The first kappa shape index (κ1) is 19.4. The normalized spacial score (nSPS) is 17.2. The van der Waals surface area contributed by atoms with Crippen molar-refractivity contribution in [2.24, 2.45) is 0 Å². The van der Waals surface area contributed by atoms with Crippen LogP contribution in [0.15, 0.2) is 24.4 Å². The van der Waals surface area contributed by atoms with Gasteiger partial charge in [0, 0.05) is 29.9 Å². The first-order valence-corrected chi connectivity index (χ1v) is 7.52. The van der Waals surface area contributed by atoms with Gasteiger partial charge in [0.2, 0.25) is 5.95 Å². The van der Waals surface area contributed by atoms with Gasteiger partial charge in [-0.05, 0) is 32.0 Å². The molecule has 4 nitrogen and oxygen atoms in total.